The van der Waals surface area contributed by atoms with E-state index in [9.17, 15) is 0 Å². The Morgan fingerprint density at radius 1 is 1.14 bits per heavy atom. The van der Waals surface area contributed by atoms with Crippen LogP contribution in [0.2, 0.25) is 18.1 Å². The van der Waals surface area contributed by atoms with Crippen LogP contribution in [0.3, 0.4) is 0 Å². The Morgan fingerprint density at radius 2 is 1.64 bits per heavy atom. The van der Waals surface area contributed by atoms with Crippen molar-refractivity contribution in [2.75, 3.05) is 14.1 Å². The topological polar surface area (TPSA) is 3.24 Å². The third kappa shape index (κ3) is 3.49. The molecule has 0 N–H and O–H groups in total. The van der Waals surface area contributed by atoms with Gasteiger partial charge in [-0.25, -0.2) is 0 Å². The molecule has 0 aromatic rings. The fourth-order valence-electron chi connectivity index (χ4n) is 2.36. The molecule has 0 saturated carbocycles. The third-order valence-electron chi connectivity index (χ3n) is 3.37. The predicted octanol–water partition coefficient (Wildman–Crippen LogP) is 3.89. The van der Waals surface area contributed by atoms with Gasteiger partial charge in [0.15, 0.2) is 0 Å². The van der Waals surface area contributed by atoms with E-state index in [-0.39, 0.29) is 0 Å². The molecular weight excluding hydrogens is 186 g/mol. The summed E-state index contributed by atoms with van der Waals surface area (Å²) in [6.07, 6.45) is 3.68. The molecule has 0 heterocycles. The summed E-state index contributed by atoms with van der Waals surface area (Å²) in [5.41, 5.74) is 0. The first-order valence-corrected chi connectivity index (χ1v) is 8.49. The van der Waals surface area contributed by atoms with Crippen molar-refractivity contribution in [3.05, 3.63) is 11.4 Å². The van der Waals surface area contributed by atoms with Gasteiger partial charge in [-0.2, -0.15) is 0 Å². The molecule has 0 saturated heterocycles. The highest BCUT2D eigenvalue weighted by molar-refractivity contribution is 6.86. The molecule has 0 spiro atoms. The molecule has 2 heteroatoms. The Morgan fingerprint density at radius 3 is 1.93 bits per heavy atom. The second-order valence-electron chi connectivity index (χ2n) is 4.51. The van der Waals surface area contributed by atoms with Crippen molar-refractivity contribution in [1.82, 2.24) is 4.90 Å². The summed E-state index contributed by atoms with van der Waals surface area (Å²) in [4.78, 5) is 2.19. The van der Waals surface area contributed by atoms with Crippen molar-refractivity contribution in [2.45, 2.75) is 52.2 Å². The van der Waals surface area contributed by atoms with E-state index in [1.807, 2.05) is 0 Å². The normalized spacial score (nSPS) is 13.1. The Balaban J connectivity index is 4.78. The van der Waals surface area contributed by atoms with Gasteiger partial charge in [0.25, 0.3) is 0 Å². The zero-order chi connectivity index (χ0) is 11.2. The fourth-order valence-corrected chi connectivity index (χ4v) is 6.57. The standard InChI is InChI=1S/C12H27NSi/c1-7-10-14(8-2,9-3)12(4)11-13(5)6/h11H,7-10H2,1-6H3. The van der Waals surface area contributed by atoms with Gasteiger partial charge in [-0.15, -0.1) is 0 Å². The quantitative estimate of drug-likeness (QED) is 0.605. The van der Waals surface area contributed by atoms with E-state index < -0.39 is 8.07 Å². The van der Waals surface area contributed by atoms with Crippen LogP contribution in [0.4, 0.5) is 0 Å². The van der Waals surface area contributed by atoms with Gasteiger partial charge in [0.2, 0.25) is 0 Å². The molecule has 0 unspecified atom stereocenters. The van der Waals surface area contributed by atoms with Crippen molar-refractivity contribution >= 4 is 8.07 Å². The van der Waals surface area contributed by atoms with Gasteiger partial charge in [-0.1, -0.05) is 50.5 Å². The molecule has 0 fully saturated rings. The number of rotatable bonds is 6. The van der Waals surface area contributed by atoms with Crippen molar-refractivity contribution < 1.29 is 0 Å². The summed E-state index contributed by atoms with van der Waals surface area (Å²) in [5, 5.41) is 1.68. The maximum atomic E-state index is 2.37. The van der Waals surface area contributed by atoms with Crippen LogP contribution in [0.25, 0.3) is 0 Å². The van der Waals surface area contributed by atoms with E-state index in [2.05, 4.69) is 52.9 Å². The molecule has 0 aliphatic rings. The highest BCUT2D eigenvalue weighted by Crippen LogP contribution is 2.29. The van der Waals surface area contributed by atoms with Gasteiger partial charge >= 0.3 is 0 Å². The summed E-state index contributed by atoms with van der Waals surface area (Å²) in [6.45, 7) is 9.40. The van der Waals surface area contributed by atoms with Crippen LogP contribution in [0.15, 0.2) is 11.4 Å². The van der Waals surface area contributed by atoms with E-state index >= 15 is 0 Å². The summed E-state index contributed by atoms with van der Waals surface area (Å²) in [7, 11) is 3.16. The third-order valence-corrected chi connectivity index (χ3v) is 9.34. The van der Waals surface area contributed by atoms with E-state index in [4.69, 9.17) is 0 Å². The molecular formula is C12H27NSi. The highest BCUT2D eigenvalue weighted by atomic mass is 28.3. The number of hydrogen-bond acceptors (Lipinski definition) is 1. The lowest BCUT2D eigenvalue weighted by molar-refractivity contribution is 0.560. The first-order chi connectivity index (χ1) is 6.52. The Bertz CT molecular complexity index is 181. The molecule has 1 nitrogen and oxygen atoms in total. The SMILES string of the molecule is CCC[Si](CC)(CC)C(C)=CN(C)C. The molecule has 0 rings (SSSR count). The zero-order valence-electron chi connectivity index (χ0n) is 10.9. The molecule has 0 bridgehead atoms. The minimum Gasteiger partial charge on any atom is -0.384 e. The molecule has 0 amide bonds. The van der Waals surface area contributed by atoms with Crippen LogP contribution in [0, 0.1) is 0 Å². The van der Waals surface area contributed by atoms with E-state index in [0.29, 0.717) is 0 Å². The van der Waals surface area contributed by atoms with Gasteiger partial charge in [0.1, 0.15) is 0 Å². The summed E-state index contributed by atoms with van der Waals surface area (Å²) >= 11 is 0. The molecule has 0 aromatic carbocycles. The van der Waals surface area contributed by atoms with Gasteiger partial charge < -0.3 is 4.90 Å². The largest absolute Gasteiger partial charge is 0.384 e. The van der Waals surface area contributed by atoms with Gasteiger partial charge in [0.05, 0.1) is 8.07 Å². The maximum absolute atomic E-state index is 2.37. The van der Waals surface area contributed by atoms with Crippen LogP contribution < -0.4 is 0 Å². The first-order valence-electron chi connectivity index (χ1n) is 5.87. The van der Waals surface area contributed by atoms with Crippen molar-refractivity contribution in [1.29, 1.82) is 0 Å². The van der Waals surface area contributed by atoms with Gasteiger partial charge in [0, 0.05) is 14.1 Å². The molecule has 0 aliphatic heterocycles. The monoisotopic (exact) mass is 213 g/mol. The van der Waals surface area contributed by atoms with Crippen LogP contribution >= 0.6 is 0 Å². The number of hydrogen-bond donors (Lipinski definition) is 0. The second kappa shape index (κ2) is 6.28. The lowest BCUT2D eigenvalue weighted by Gasteiger charge is -2.31. The lowest BCUT2D eigenvalue weighted by Crippen LogP contribution is -2.35. The van der Waals surface area contributed by atoms with Crippen LogP contribution in [0.5, 0.6) is 0 Å². The smallest absolute Gasteiger partial charge is 0.0825 e. The average Bonchev–Trinajstić information content (AvgIpc) is 2.13. The summed E-state index contributed by atoms with van der Waals surface area (Å²) in [6, 6.07) is 4.25. The van der Waals surface area contributed by atoms with Crippen LogP contribution in [-0.2, 0) is 0 Å². The van der Waals surface area contributed by atoms with Crippen molar-refractivity contribution in [2.24, 2.45) is 0 Å². The first kappa shape index (κ1) is 13.8. The fraction of sp³-hybridized carbons (Fsp3) is 0.833. The van der Waals surface area contributed by atoms with Gasteiger partial charge in [-0.3, -0.25) is 0 Å². The zero-order valence-corrected chi connectivity index (χ0v) is 11.9. The van der Waals surface area contributed by atoms with E-state index in [1.165, 1.54) is 24.6 Å². The molecule has 0 atom stereocenters. The Kier molecular flexibility index (Phi) is 6.17. The van der Waals surface area contributed by atoms with Crippen molar-refractivity contribution in [3.63, 3.8) is 0 Å². The maximum Gasteiger partial charge on any atom is 0.0825 e. The van der Waals surface area contributed by atoms with E-state index in [0.717, 1.165) is 0 Å². The predicted molar refractivity (Wildman–Crippen MR) is 69.3 cm³/mol. The van der Waals surface area contributed by atoms with Crippen molar-refractivity contribution in [3.8, 4) is 0 Å². The minimum atomic E-state index is -1.09. The summed E-state index contributed by atoms with van der Waals surface area (Å²) in [5.74, 6) is 0. The minimum absolute atomic E-state index is 1.09. The van der Waals surface area contributed by atoms with Crippen LogP contribution in [0.1, 0.15) is 34.1 Å². The molecule has 14 heavy (non-hydrogen) atoms. The van der Waals surface area contributed by atoms with E-state index in [1.54, 1.807) is 5.20 Å². The second-order valence-corrected chi connectivity index (χ2v) is 9.78. The average molecular weight is 213 g/mol. The number of nitrogens with zero attached hydrogens (tertiary/aromatic N) is 1. The van der Waals surface area contributed by atoms with Gasteiger partial charge in [-0.05, 0) is 13.1 Å². The summed E-state index contributed by atoms with van der Waals surface area (Å²) < 4.78 is 0. The lowest BCUT2D eigenvalue weighted by atomic mass is 10.6. The Hall–Kier alpha value is -0.243. The highest BCUT2D eigenvalue weighted by Gasteiger charge is 2.29. The number of allylic oxidation sites excluding steroid dienone is 1. The Labute approximate surface area is 91.2 Å². The molecule has 0 aliphatic carbocycles. The van der Waals surface area contributed by atoms with Crippen LogP contribution in [-0.4, -0.2) is 27.1 Å². The molecule has 0 aromatic heterocycles. The molecule has 0 radical (unpaired) electrons. The molecule has 84 valence electrons.